The van der Waals surface area contributed by atoms with E-state index in [4.69, 9.17) is 11.6 Å². The van der Waals surface area contributed by atoms with E-state index in [1.54, 1.807) is 21.7 Å². The summed E-state index contributed by atoms with van der Waals surface area (Å²) in [5.41, 5.74) is 2.44. The van der Waals surface area contributed by atoms with Crippen molar-refractivity contribution in [2.75, 3.05) is 36.8 Å². The number of aromatic nitrogens is 4. The second-order valence-electron chi connectivity index (χ2n) is 7.26. The molecule has 0 radical (unpaired) electrons. The second kappa shape index (κ2) is 9.53. The van der Waals surface area contributed by atoms with Gasteiger partial charge in [0, 0.05) is 37.3 Å². The molecule has 4 rings (SSSR count). The molecular formula is C20H20ClN7O3S. The Morgan fingerprint density at radius 2 is 1.88 bits per heavy atom. The van der Waals surface area contributed by atoms with E-state index in [9.17, 15) is 14.9 Å². The summed E-state index contributed by atoms with van der Waals surface area (Å²) < 4.78 is 1.61. The van der Waals surface area contributed by atoms with Gasteiger partial charge < -0.3 is 9.80 Å². The third-order valence-electron chi connectivity index (χ3n) is 5.15. The molecular weight excluding hydrogens is 454 g/mol. The minimum Gasteiger partial charge on any atom is -0.362 e. The van der Waals surface area contributed by atoms with Crippen molar-refractivity contribution < 1.29 is 9.72 Å². The van der Waals surface area contributed by atoms with Crippen molar-refractivity contribution in [1.82, 2.24) is 25.1 Å². The van der Waals surface area contributed by atoms with Gasteiger partial charge in [0.2, 0.25) is 11.1 Å². The molecule has 12 heteroatoms. The van der Waals surface area contributed by atoms with E-state index >= 15 is 0 Å². The summed E-state index contributed by atoms with van der Waals surface area (Å²) in [7, 11) is 0. The highest BCUT2D eigenvalue weighted by Crippen LogP contribution is 2.31. The first kappa shape index (κ1) is 22.0. The van der Waals surface area contributed by atoms with E-state index in [0.717, 1.165) is 11.3 Å². The van der Waals surface area contributed by atoms with Crippen molar-refractivity contribution in [2.45, 2.75) is 12.1 Å². The highest BCUT2D eigenvalue weighted by molar-refractivity contribution is 7.99. The SMILES string of the molecule is Cc1ccc(-n2nnnc2SCC(=O)N2CCN(c3ccc(Cl)cc3[N+](=O)[O-])CC2)cc1. The Morgan fingerprint density at radius 3 is 2.56 bits per heavy atom. The number of nitrogens with zero attached hydrogens (tertiary/aromatic N) is 7. The first-order valence-electron chi connectivity index (χ1n) is 9.87. The number of carbonyl (C=O) groups is 1. The Hall–Kier alpha value is -3.18. The van der Waals surface area contributed by atoms with Gasteiger partial charge in [-0.15, -0.1) is 5.10 Å². The maximum atomic E-state index is 12.7. The third-order valence-corrected chi connectivity index (χ3v) is 6.29. The highest BCUT2D eigenvalue weighted by atomic mass is 35.5. The lowest BCUT2D eigenvalue weighted by Gasteiger charge is -2.35. The average molecular weight is 474 g/mol. The van der Waals surface area contributed by atoms with Gasteiger partial charge in [-0.05, 0) is 41.6 Å². The normalized spacial score (nSPS) is 13.9. The third kappa shape index (κ3) is 4.83. The molecule has 3 aromatic rings. The number of hydrogen-bond donors (Lipinski definition) is 0. The molecule has 0 bridgehead atoms. The fourth-order valence-corrected chi connectivity index (χ4v) is 4.40. The number of rotatable bonds is 6. The zero-order valence-corrected chi connectivity index (χ0v) is 18.8. The first-order valence-corrected chi connectivity index (χ1v) is 11.2. The lowest BCUT2D eigenvalue weighted by Crippen LogP contribution is -2.49. The van der Waals surface area contributed by atoms with Crippen LogP contribution in [-0.2, 0) is 4.79 Å². The van der Waals surface area contributed by atoms with Gasteiger partial charge in [-0.2, -0.15) is 4.68 Å². The molecule has 10 nitrogen and oxygen atoms in total. The number of halogens is 1. The summed E-state index contributed by atoms with van der Waals surface area (Å²) in [5, 5.41) is 24.0. The van der Waals surface area contributed by atoms with Gasteiger partial charge in [-0.25, -0.2) is 0 Å². The predicted molar refractivity (Wildman–Crippen MR) is 122 cm³/mol. The number of amides is 1. The van der Waals surface area contributed by atoms with E-state index in [1.165, 1.54) is 17.8 Å². The van der Waals surface area contributed by atoms with Crippen molar-refractivity contribution >= 4 is 40.6 Å². The Balaban J connectivity index is 1.35. The van der Waals surface area contributed by atoms with Gasteiger partial charge in [0.15, 0.2) is 0 Å². The van der Waals surface area contributed by atoms with Gasteiger partial charge in [-0.1, -0.05) is 41.1 Å². The number of hydrogen-bond acceptors (Lipinski definition) is 8. The largest absolute Gasteiger partial charge is 0.362 e. The zero-order chi connectivity index (χ0) is 22.7. The number of piperazine rings is 1. The van der Waals surface area contributed by atoms with Crippen LogP contribution in [0.15, 0.2) is 47.6 Å². The van der Waals surface area contributed by atoms with Crippen molar-refractivity contribution in [2.24, 2.45) is 0 Å². The van der Waals surface area contributed by atoms with E-state index in [-0.39, 0.29) is 17.3 Å². The lowest BCUT2D eigenvalue weighted by atomic mass is 10.2. The number of carbonyl (C=O) groups excluding carboxylic acids is 1. The number of tetrazole rings is 1. The van der Waals surface area contributed by atoms with Crippen LogP contribution in [0.3, 0.4) is 0 Å². The maximum Gasteiger partial charge on any atom is 0.294 e. The number of nitro benzene ring substituents is 1. The summed E-state index contributed by atoms with van der Waals surface area (Å²) in [6.45, 7) is 3.95. The van der Waals surface area contributed by atoms with Crippen molar-refractivity contribution in [3.8, 4) is 5.69 Å². The summed E-state index contributed by atoms with van der Waals surface area (Å²) in [6, 6.07) is 12.4. The molecule has 32 heavy (non-hydrogen) atoms. The molecule has 1 amide bonds. The van der Waals surface area contributed by atoms with Gasteiger partial charge >= 0.3 is 0 Å². The van der Waals surface area contributed by atoms with E-state index in [2.05, 4.69) is 15.5 Å². The summed E-state index contributed by atoms with van der Waals surface area (Å²) in [5.74, 6) is 0.173. The summed E-state index contributed by atoms with van der Waals surface area (Å²) in [6.07, 6.45) is 0. The average Bonchev–Trinajstić information content (AvgIpc) is 3.26. The topological polar surface area (TPSA) is 110 Å². The standard InChI is InChI=1S/C20H20ClN7O3S/c1-14-2-5-16(6-3-14)27-20(22-23-24-27)32-13-19(29)26-10-8-25(9-11-26)17-7-4-15(21)12-18(17)28(30)31/h2-7,12H,8-11,13H2,1H3. The quantitative estimate of drug-likeness (QED) is 0.305. The molecule has 0 unspecified atom stereocenters. The van der Waals surface area contributed by atoms with Crippen molar-refractivity contribution in [3.63, 3.8) is 0 Å². The smallest absolute Gasteiger partial charge is 0.294 e. The van der Waals surface area contributed by atoms with Crippen LogP contribution in [0.25, 0.3) is 5.69 Å². The molecule has 1 aromatic heterocycles. The molecule has 2 heterocycles. The number of anilines is 1. The van der Waals surface area contributed by atoms with Gasteiger partial charge in [-0.3, -0.25) is 14.9 Å². The van der Waals surface area contributed by atoms with E-state index < -0.39 is 4.92 Å². The molecule has 0 spiro atoms. The molecule has 1 saturated heterocycles. The highest BCUT2D eigenvalue weighted by Gasteiger charge is 2.26. The van der Waals surface area contributed by atoms with Crippen molar-refractivity contribution in [3.05, 3.63) is 63.2 Å². The zero-order valence-electron chi connectivity index (χ0n) is 17.2. The molecule has 0 N–H and O–H groups in total. The molecule has 1 aliphatic rings. The summed E-state index contributed by atoms with van der Waals surface area (Å²) >= 11 is 7.18. The first-order chi connectivity index (χ1) is 15.4. The van der Waals surface area contributed by atoms with Crippen LogP contribution in [0, 0.1) is 17.0 Å². The van der Waals surface area contributed by atoms with Gasteiger partial charge in [0.25, 0.3) is 5.69 Å². The minimum atomic E-state index is -0.437. The van der Waals surface area contributed by atoms with Crippen LogP contribution in [0.4, 0.5) is 11.4 Å². The molecule has 0 atom stereocenters. The van der Waals surface area contributed by atoms with Crippen LogP contribution >= 0.6 is 23.4 Å². The maximum absolute atomic E-state index is 12.7. The Kier molecular flexibility index (Phi) is 6.56. The second-order valence-corrected chi connectivity index (χ2v) is 8.63. The fraction of sp³-hybridized carbons (Fsp3) is 0.300. The van der Waals surface area contributed by atoms with Crippen LogP contribution < -0.4 is 4.90 Å². The number of thioether (sulfide) groups is 1. The molecule has 0 saturated carbocycles. The number of nitro groups is 1. The lowest BCUT2D eigenvalue weighted by molar-refractivity contribution is -0.384. The summed E-state index contributed by atoms with van der Waals surface area (Å²) in [4.78, 5) is 27.3. The van der Waals surface area contributed by atoms with Crippen LogP contribution in [0.5, 0.6) is 0 Å². The monoisotopic (exact) mass is 473 g/mol. The molecule has 1 fully saturated rings. The number of benzene rings is 2. The molecule has 2 aromatic carbocycles. The van der Waals surface area contributed by atoms with Crippen molar-refractivity contribution in [1.29, 1.82) is 0 Å². The van der Waals surface area contributed by atoms with Crippen LogP contribution in [0.2, 0.25) is 5.02 Å². The van der Waals surface area contributed by atoms with Crippen LogP contribution in [0.1, 0.15) is 5.56 Å². The molecule has 1 aliphatic heterocycles. The Bertz CT molecular complexity index is 1130. The molecule has 166 valence electrons. The van der Waals surface area contributed by atoms with E-state index in [1.807, 2.05) is 36.1 Å². The van der Waals surface area contributed by atoms with Gasteiger partial charge in [0.05, 0.1) is 16.4 Å². The molecule has 0 aliphatic carbocycles. The number of aryl methyl sites for hydroxylation is 1. The fourth-order valence-electron chi connectivity index (χ4n) is 3.44. The van der Waals surface area contributed by atoms with Crippen LogP contribution in [-0.4, -0.2) is 67.9 Å². The minimum absolute atomic E-state index is 0.0290. The van der Waals surface area contributed by atoms with Gasteiger partial charge in [0.1, 0.15) is 5.69 Å². The Morgan fingerprint density at radius 1 is 1.16 bits per heavy atom. The Labute approximate surface area is 193 Å². The van der Waals surface area contributed by atoms with E-state index in [0.29, 0.717) is 42.0 Å². The predicted octanol–water partition coefficient (Wildman–Crippen LogP) is 2.97.